The Bertz CT molecular complexity index is 1370. The summed E-state index contributed by atoms with van der Waals surface area (Å²) in [5, 5.41) is 3.07. The number of hydrogen-bond acceptors (Lipinski definition) is 3. The molecule has 0 unspecified atom stereocenters. The fourth-order valence-electron chi connectivity index (χ4n) is 5.72. The van der Waals surface area contributed by atoms with E-state index in [0.717, 1.165) is 24.1 Å². The first-order chi connectivity index (χ1) is 19.3. The van der Waals surface area contributed by atoms with Gasteiger partial charge in [0.15, 0.2) is 0 Å². The Morgan fingerprint density at radius 2 is 1.43 bits per heavy atom. The second-order valence-corrected chi connectivity index (χ2v) is 10.7. The van der Waals surface area contributed by atoms with E-state index in [4.69, 9.17) is 0 Å². The number of amides is 3. The monoisotopic (exact) mass is 545 g/mol. The van der Waals surface area contributed by atoms with E-state index in [2.05, 4.69) is 5.32 Å². The fourth-order valence-corrected chi connectivity index (χ4v) is 5.72. The molecule has 1 atom stereocenters. The van der Waals surface area contributed by atoms with Crippen molar-refractivity contribution in [2.75, 3.05) is 24.5 Å². The summed E-state index contributed by atoms with van der Waals surface area (Å²) in [4.78, 5) is 42.9. The predicted octanol–water partition coefficient (Wildman–Crippen LogP) is 5.53. The van der Waals surface area contributed by atoms with Crippen molar-refractivity contribution in [2.24, 2.45) is 0 Å². The van der Waals surface area contributed by atoms with Crippen molar-refractivity contribution >= 4 is 23.4 Å². The zero-order chi connectivity index (χ0) is 28.3. The average molecular weight is 546 g/mol. The van der Waals surface area contributed by atoms with Crippen LogP contribution in [0.1, 0.15) is 66.6 Å². The molecule has 1 N–H and O–H groups in total. The number of benzene rings is 3. The first kappa shape index (κ1) is 27.5. The average Bonchev–Trinajstić information content (AvgIpc) is 2.98. The van der Waals surface area contributed by atoms with Gasteiger partial charge in [0.25, 0.3) is 5.91 Å². The molecule has 0 aliphatic carbocycles. The minimum Gasteiger partial charge on any atom is -0.349 e. The SMILES string of the molecule is C[C@H](NC(=O)C1(c2ccc(F)cc2)CCN(C(=O)c2ccc(N3CCCCC3=O)cc2)CC1)c1ccc(F)cc1. The highest BCUT2D eigenvalue weighted by atomic mass is 19.1. The lowest BCUT2D eigenvalue weighted by Gasteiger charge is -2.41. The number of halogens is 2. The lowest BCUT2D eigenvalue weighted by molar-refractivity contribution is -0.129. The molecular weight excluding hydrogens is 512 g/mol. The number of likely N-dealkylation sites (tertiary alicyclic amines) is 1. The van der Waals surface area contributed by atoms with Crippen LogP contribution in [0.2, 0.25) is 0 Å². The van der Waals surface area contributed by atoms with Gasteiger partial charge >= 0.3 is 0 Å². The third-order valence-electron chi connectivity index (χ3n) is 8.20. The van der Waals surface area contributed by atoms with Crippen LogP contribution in [-0.2, 0) is 15.0 Å². The van der Waals surface area contributed by atoms with Crippen LogP contribution >= 0.6 is 0 Å². The lowest BCUT2D eigenvalue weighted by atomic mass is 9.71. The van der Waals surface area contributed by atoms with Gasteiger partial charge in [-0.3, -0.25) is 14.4 Å². The van der Waals surface area contributed by atoms with Gasteiger partial charge in [0, 0.05) is 37.3 Å². The summed E-state index contributed by atoms with van der Waals surface area (Å²) in [6.45, 7) is 3.22. The van der Waals surface area contributed by atoms with Crippen molar-refractivity contribution in [3.63, 3.8) is 0 Å². The van der Waals surface area contributed by atoms with Crippen LogP contribution < -0.4 is 10.2 Å². The standard InChI is InChI=1S/C32H33F2N3O3/c1-22(23-5-11-26(33)12-6-23)35-31(40)32(25-9-13-27(34)14-10-25)17-20-36(21-18-32)30(39)24-7-15-28(16-8-24)37-19-3-2-4-29(37)38/h5-16,22H,2-4,17-21H2,1H3,(H,35,40)/t22-/m0/s1. The van der Waals surface area contributed by atoms with Crippen LogP contribution in [0.4, 0.5) is 14.5 Å². The molecule has 0 aromatic heterocycles. The van der Waals surface area contributed by atoms with E-state index in [9.17, 15) is 23.2 Å². The van der Waals surface area contributed by atoms with Crippen LogP contribution in [0.5, 0.6) is 0 Å². The molecule has 0 bridgehead atoms. The fraction of sp³-hybridized carbons (Fsp3) is 0.344. The first-order valence-electron chi connectivity index (χ1n) is 13.8. The number of nitrogens with one attached hydrogen (secondary N) is 1. The van der Waals surface area contributed by atoms with Crippen molar-refractivity contribution in [3.8, 4) is 0 Å². The highest BCUT2D eigenvalue weighted by Gasteiger charge is 2.44. The second-order valence-electron chi connectivity index (χ2n) is 10.7. The number of piperidine rings is 2. The highest BCUT2D eigenvalue weighted by molar-refractivity contribution is 5.97. The molecule has 3 amide bonds. The van der Waals surface area contributed by atoms with Crippen molar-refractivity contribution in [3.05, 3.63) is 101 Å². The van der Waals surface area contributed by atoms with E-state index < -0.39 is 5.41 Å². The number of carbonyl (C=O) groups excluding carboxylic acids is 3. The summed E-state index contributed by atoms with van der Waals surface area (Å²) >= 11 is 0. The van der Waals surface area contributed by atoms with Gasteiger partial charge in [0.2, 0.25) is 11.8 Å². The number of anilines is 1. The van der Waals surface area contributed by atoms with E-state index in [1.54, 1.807) is 46.2 Å². The Labute approximate surface area is 233 Å². The number of nitrogens with zero attached hydrogens (tertiary/aromatic N) is 2. The van der Waals surface area contributed by atoms with E-state index in [0.29, 0.717) is 50.0 Å². The van der Waals surface area contributed by atoms with Crippen LogP contribution in [0.3, 0.4) is 0 Å². The molecule has 2 fully saturated rings. The van der Waals surface area contributed by atoms with Gasteiger partial charge in [-0.25, -0.2) is 8.78 Å². The maximum atomic E-state index is 13.8. The van der Waals surface area contributed by atoms with Gasteiger partial charge in [-0.1, -0.05) is 24.3 Å². The minimum absolute atomic E-state index is 0.102. The zero-order valence-corrected chi connectivity index (χ0v) is 22.5. The molecule has 0 spiro atoms. The van der Waals surface area contributed by atoms with E-state index in [1.165, 1.54) is 24.3 Å². The molecular formula is C32H33F2N3O3. The molecule has 6 nitrogen and oxygen atoms in total. The van der Waals surface area contributed by atoms with E-state index in [1.807, 2.05) is 19.1 Å². The molecule has 3 aromatic carbocycles. The molecule has 0 saturated carbocycles. The smallest absolute Gasteiger partial charge is 0.253 e. The maximum absolute atomic E-state index is 13.8. The van der Waals surface area contributed by atoms with Gasteiger partial charge in [0.05, 0.1) is 11.5 Å². The van der Waals surface area contributed by atoms with Gasteiger partial charge in [-0.2, -0.15) is 0 Å². The molecule has 2 saturated heterocycles. The molecule has 208 valence electrons. The summed E-state index contributed by atoms with van der Waals surface area (Å²) in [6.07, 6.45) is 3.15. The highest BCUT2D eigenvalue weighted by Crippen LogP contribution is 2.37. The zero-order valence-electron chi connectivity index (χ0n) is 22.5. The van der Waals surface area contributed by atoms with Crippen molar-refractivity contribution in [2.45, 2.75) is 50.5 Å². The molecule has 5 rings (SSSR count). The Balaban J connectivity index is 1.31. The summed E-state index contributed by atoms with van der Waals surface area (Å²) in [5.41, 5.74) is 1.84. The summed E-state index contributed by atoms with van der Waals surface area (Å²) < 4.78 is 27.2. The molecule has 3 aromatic rings. The molecule has 0 radical (unpaired) electrons. The Hall–Kier alpha value is -4.07. The molecule has 8 heteroatoms. The van der Waals surface area contributed by atoms with Crippen LogP contribution in [0, 0.1) is 11.6 Å². The summed E-state index contributed by atoms with van der Waals surface area (Å²) in [6, 6.07) is 18.7. The van der Waals surface area contributed by atoms with Crippen molar-refractivity contribution in [1.82, 2.24) is 10.2 Å². The van der Waals surface area contributed by atoms with E-state index >= 15 is 0 Å². The van der Waals surface area contributed by atoms with Gasteiger partial charge in [0.1, 0.15) is 11.6 Å². The largest absolute Gasteiger partial charge is 0.349 e. The topological polar surface area (TPSA) is 69.7 Å². The van der Waals surface area contributed by atoms with Crippen LogP contribution in [0.15, 0.2) is 72.8 Å². The third kappa shape index (κ3) is 5.62. The summed E-state index contributed by atoms with van der Waals surface area (Å²) in [7, 11) is 0. The maximum Gasteiger partial charge on any atom is 0.253 e. The number of hydrogen-bond donors (Lipinski definition) is 1. The quantitative estimate of drug-likeness (QED) is 0.443. The van der Waals surface area contributed by atoms with Crippen LogP contribution in [0.25, 0.3) is 0 Å². The summed E-state index contributed by atoms with van der Waals surface area (Å²) in [5.74, 6) is -0.980. The van der Waals surface area contributed by atoms with Gasteiger partial charge < -0.3 is 15.1 Å². The third-order valence-corrected chi connectivity index (χ3v) is 8.20. The van der Waals surface area contributed by atoms with Crippen molar-refractivity contribution < 1.29 is 23.2 Å². The van der Waals surface area contributed by atoms with Gasteiger partial charge in [-0.05, 0) is 92.3 Å². The molecule has 2 heterocycles. The van der Waals surface area contributed by atoms with Crippen molar-refractivity contribution in [1.29, 1.82) is 0 Å². The Morgan fingerprint density at radius 3 is 2.02 bits per heavy atom. The normalized spacial score (nSPS) is 17.8. The Morgan fingerprint density at radius 1 is 0.825 bits per heavy atom. The van der Waals surface area contributed by atoms with Crippen LogP contribution in [-0.4, -0.2) is 42.3 Å². The first-order valence-corrected chi connectivity index (χ1v) is 13.8. The predicted molar refractivity (Wildman–Crippen MR) is 149 cm³/mol. The second kappa shape index (κ2) is 11.6. The minimum atomic E-state index is -0.947. The number of carbonyl (C=O) groups is 3. The molecule has 2 aliphatic rings. The lowest BCUT2D eigenvalue weighted by Crippen LogP contribution is -2.53. The molecule has 40 heavy (non-hydrogen) atoms. The number of rotatable bonds is 6. The van der Waals surface area contributed by atoms with Gasteiger partial charge in [-0.15, -0.1) is 0 Å². The van der Waals surface area contributed by atoms with E-state index in [-0.39, 0.29) is 35.4 Å². The Kier molecular flexibility index (Phi) is 7.96. The molecule has 2 aliphatic heterocycles.